The van der Waals surface area contributed by atoms with E-state index in [-0.39, 0.29) is 0 Å². The summed E-state index contributed by atoms with van der Waals surface area (Å²) in [4.78, 5) is 2.76. The van der Waals surface area contributed by atoms with Crippen LogP contribution in [0.4, 0.5) is 0 Å². The second-order valence-electron chi connectivity index (χ2n) is 2.38. The van der Waals surface area contributed by atoms with Gasteiger partial charge in [-0.3, -0.25) is 0 Å². The predicted molar refractivity (Wildman–Crippen MR) is 56.4 cm³/mol. The Morgan fingerprint density at radius 3 is 2.91 bits per heavy atom. The zero-order valence-electron chi connectivity index (χ0n) is 6.73. The Labute approximate surface area is 80.1 Å². The number of aryl methyl sites for hydroxylation is 1. The van der Waals surface area contributed by atoms with Gasteiger partial charge in [0.15, 0.2) is 0 Å². The highest BCUT2D eigenvalue weighted by atomic mass is 79.9. The molecule has 0 atom stereocenters. The molecule has 0 unspecified atom stereocenters. The summed E-state index contributed by atoms with van der Waals surface area (Å²) >= 11 is 5.31. The van der Waals surface area contributed by atoms with E-state index in [1.807, 2.05) is 18.3 Å². The van der Waals surface area contributed by atoms with E-state index in [1.54, 1.807) is 0 Å². The van der Waals surface area contributed by atoms with Crippen molar-refractivity contribution in [3.63, 3.8) is 0 Å². The summed E-state index contributed by atoms with van der Waals surface area (Å²) < 4.78 is 0. The lowest BCUT2D eigenvalue weighted by atomic mass is 10.2. The fourth-order valence-corrected chi connectivity index (χ4v) is 2.65. The molecular formula is C9H11BrS. The van der Waals surface area contributed by atoms with Crippen molar-refractivity contribution in [2.45, 2.75) is 19.2 Å². The van der Waals surface area contributed by atoms with Gasteiger partial charge in [0.05, 0.1) is 0 Å². The molecule has 0 saturated carbocycles. The summed E-state index contributed by atoms with van der Waals surface area (Å²) in [5.41, 5.74) is 1.39. The number of hydrogen-bond acceptors (Lipinski definition) is 1. The molecule has 0 aliphatic rings. The summed E-state index contributed by atoms with van der Waals surface area (Å²) in [6.45, 7) is 4.19. The average Bonchev–Trinajstić information content (AvgIpc) is 2.32. The molecule has 0 amide bonds. The van der Waals surface area contributed by atoms with Crippen molar-refractivity contribution < 1.29 is 0 Å². The molecule has 0 bridgehead atoms. The molecule has 0 aliphatic heterocycles. The minimum Gasteiger partial charge on any atom is -0.141 e. The average molecular weight is 231 g/mol. The maximum absolute atomic E-state index is 3.46. The molecule has 0 spiro atoms. The maximum Gasteiger partial charge on any atom is 0.0310 e. The maximum atomic E-state index is 3.46. The minimum absolute atomic E-state index is 0.955. The molecule has 0 radical (unpaired) electrons. The van der Waals surface area contributed by atoms with Gasteiger partial charge in [-0.05, 0) is 31.6 Å². The van der Waals surface area contributed by atoms with Crippen molar-refractivity contribution in [2.24, 2.45) is 0 Å². The first-order chi connectivity index (χ1) is 5.27. The second-order valence-corrected chi connectivity index (χ2v) is 4.23. The van der Waals surface area contributed by atoms with E-state index in [4.69, 9.17) is 0 Å². The van der Waals surface area contributed by atoms with Crippen LogP contribution in [0.5, 0.6) is 0 Å². The first-order valence-corrected chi connectivity index (χ1v) is 5.49. The van der Waals surface area contributed by atoms with Gasteiger partial charge < -0.3 is 0 Å². The van der Waals surface area contributed by atoms with E-state index in [1.165, 1.54) is 15.3 Å². The van der Waals surface area contributed by atoms with Gasteiger partial charge in [-0.1, -0.05) is 22.0 Å². The zero-order chi connectivity index (χ0) is 8.27. The molecule has 0 fully saturated rings. The third-order valence-corrected chi connectivity index (χ3v) is 3.09. The van der Waals surface area contributed by atoms with Crippen LogP contribution in [0.2, 0.25) is 0 Å². The SMILES string of the molecule is C/C=C\c1sc(C)cc1CBr. The van der Waals surface area contributed by atoms with Crippen molar-refractivity contribution in [3.8, 4) is 0 Å². The lowest BCUT2D eigenvalue weighted by molar-refractivity contribution is 1.46. The van der Waals surface area contributed by atoms with Gasteiger partial charge in [-0.15, -0.1) is 11.3 Å². The molecule has 1 heterocycles. The van der Waals surface area contributed by atoms with E-state index < -0.39 is 0 Å². The zero-order valence-corrected chi connectivity index (χ0v) is 9.13. The van der Waals surface area contributed by atoms with E-state index in [0.29, 0.717) is 0 Å². The van der Waals surface area contributed by atoms with Gasteiger partial charge in [-0.2, -0.15) is 0 Å². The Hall–Kier alpha value is -0.0800. The number of hydrogen-bond donors (Lipinski definition) is 0. The number of allylic oxidation sites excluding steroid dienone is 1. The predicted octanol–water partition coefficient (Wildman–Crippen LogP) is 3.98. The van der Waals surface area contributed by atoms with Crippen molar-refractivity contribution in [1.82, 2.24) is 0 Å². The van der Waals surface area contributed by atoms with Gasteiger partial charge in [-0.25, -0.2) is 0 Å². The molecule has 2 heteroatoms. The topological polar surface area (TPSA) is 0 Å². The van der Waals surface area contributed by atoms with Crippen LogP contribution in [-0.2, 0) is 5.33 Å². The lowest BCUT2D eigenvalue weighted by Gasteiger charge is -1.89. The number of alkyl halides is 1. The Morgan fingerprint density at radius 2 is 2.36 bits per heavy atom. The second kappa shape index (κ2) is 4.07. The van der Waals surface area contributed by atoms with E-state index >= 15 is 0 Å². The molecule has 0 saturated heterocycles. The van der Waals surface area contributed by atoms with Crippen LogP contribution in [-0.4, -0.2) is 0 Å². The molecule has 1 aromatic rings. The van der Waals surface area contributed by atoms with Crippen molar-refractivity contribution in [2.75, 3.05) is 0 Å². The van der Waals surface area contributed by atoms with Crippen LogP contribution in [0.15, 0.2) is 12.1 Å². The molecule has 0 aliphatic carbocycles. The summed E-state index contributed by atoms with van der Waals surface area (Å²) in [7, 11) is 0. The largest absolute Gasteiger partial charge is 0.141 e. The van der Waals surface area contributed by atoms with Crippen LogP contribution in [0.3, 0.4) is 0 Å². The molecule has 11 heavy (non-hydrogen) atoms. The fourth-order valence-electron chi connectivity index (χ4n) is 0.982. The highest BCUT2D eigenvalue weighted by Gasteiger charge is 2.01. The molecular weight excluding hydrogens is 220 g/mol. The van der Waals surface area contributed by atoms with E-state index in [2.05, 4.69) is 41.1 Å². The number of rotatable bonds is 2. The quantitative estimate of drug-likeness (QED) is 0.675. The summed E-state index contributed by atoms with van der Waals surface area (Å²) in [6.07, 6.45) is 4.24. The summed E-state index contributed by atoms with van der Waals surface area (Å²) in [6, 6.07) is 2.23. The fraction of sp³-hybridized carbons (Fsp3) is 0.333. The smallest absolute Gasteiger partial charge is 0.0310 e. The van der Waals surface area contributed by atoms with E-state index in [9.17, 15) is 0 Å². The van der Waals surface area contributed by atoms with Crippen LogP contribution < -0.4 is 0 Å². The van der Waals surface area contributed by atoms with Crippen LogP contribution in [0.1, 0.15) is 22.2 Å². The van der Waals surface area contributed by atoms with Crippen molar-refractivity contribution in [1.29, 1.82) is 0 Å². The van der Waals surface area contributed by atoms with Gasteiger partial charge in [0.25, 0.3) is 0 Å². The molecule has 60 valence electrons. The lowest BCUT2D eigenvalue weighted by Crippen LogP contribution is -1.72. The van der Waals surface area contributed by atoms with E-state index in [0.717, 1.165) is 5.33 Å². The number of thiophene rings is 1. The van der Waals surface area contributed by atoms with Crippen molar-refractivity contribution in [3.05, 3.63) is 27.5 Å². The molecule has 1 aromatic heterocycles. The highest BCUT2D eigenvalue weighted by Crippen LogP contribution is 2.24. The first kappa shape index (κ1) is 9.01. The summed E-state index contributed by atoms with van der Waals surface area (Å²) in [5.74, 6) is 0. The Kier molecular flexibility index (Phi) is 3.34. The standard InChI is InChI=1S/C9H11BrS/c1-3-4-9-8(6-10)5-7(2)11-9/h3-5H,6H2,1-2H3/b4-3-. The summed E-state index contributed by atoms with van der Waals surface area (Å²) in [5, 5.41) is 0.955. The molecule has 0 nitrogen and oxygen atoms in total. The Bertz CT molecular complexity index is 261. The molecule has 0 aromatic carbocycles. The molecule has 1 rings (SSSR count). The Morgan fingerprint density at radius 1 is 1.64 bits per heavy atom. The van der Waals surface area contributed by atoms with Crippen molar-refractivity contribution >= 4 is 33.3 Å². The molecule has 0 N–H and O–H groups in total. The first-order valence-electron chi connectivity index (χ1n) is 3.56. The van der Waals surface area contributed by atoms with Crippen LogP contribution in [0, 0.1) is 6.92 Å². The third-order valence-electron chi connectivity index (χ3n) is 1.43. The highest BCUT2D eigenvalue weighted by molar-refractivity contribution is 9.08. The normalized spacial score (nSPS) is 11.2. The third kappa shape index (κ3) is 2.17. The minimum atomic E-state index is 0.955. The van der Waals surface area contributed by atoms with Gasteiger partial charge >= 0.3 is 0 Å². The Balaban J connectivity index is 3.01. The van der Waals surface area contributed by atoms with Crippen LogP contribution >= 0.6 is 27.3 Å². The van der Waals surface area contributed by atoms with Gasteiger partial charge in [0, 0.05) is 15.1 Å². The number of halogens is 1. The van der Waals surface area contributed by atoms with Crippen LogP contribution in [0.25, 0.3) is 6.08 Å². The monoisotopic (exact) mass is 230 g/mol. The van der Waals surface area contributed by atoms with Gasteiger partial charge in [0.2, 0.25) is 0 Å². The van der Waals surface area contributed by atoms with Gasteiger partial charge in [0.1, 0.15) is 0 Å².